The van der Waals surface area contributed by atoms with Crippen LogP contribution in [0.15, 0.2) is 36.5 Å². The van der Waals surface area contributed by atoms with E-state index < -0.39 is 13.9 Å². The smallest absolute Gasteiger partial charge is 0.457 e. The molecule has 0 heterocycles. The van der Waals surface area contributed by atoms with Crippen molar-refractivity contribution in [3.05, 3.63) is 36.5 Å². The number of allylic oxidation sites excluding steroid dienone is 6. The van der Waals surface area contributed by atoms with Crippen molar-refractivity contribution in [1.82, 2.24) is 0 Å². The van der Waals surface area contributed by atoms with Crippen LogP contribution < -0.4 is 5.73 Å². The highest BCUT2D eigenvalue weighted by Gasteiger charge is 2.25. The van der Waals surface area contributed by atoms with Crippen LogP contribution in [-0.4, -0.2) is 49.9 Å². The summed E-state index contributed by atoms with van der Waals surface area (Å²) < 4.78 is 33.5. The average molecular weight is 826 g/mol. The zero-order chi connectivity index (χ0) is 41.6. The molecule has 0 spiro atoms. The fraction of sp³-hybridized carbons (Fsp3) is 0.854. The van der Waals surface area contributed by atoms with Gasteiger partial charge >= 0.3 is 13.8 Å². The van der Waals surface area contributed by atoms with Crippen molar-refractivity contribution >= 4 is 13.8 Å². The minimum Gasteiger partial charge on any atom is -0.457 e. The lowest BCUT2D eigenvalue weighted by atomic mass is 10.0. The van der Waals surface area contributed by atoms with Gasteiger partial charge in [-0.05, 0) is 70.6 Å². The number of unbranched alkanes of at least 4 members (excludes halogenated alkanes) is 27. The van der Waals surface area contributed by atoms with Crippen LogP contribution in [0.5, 0.6) is 0 Å². The van der Waals surface area contributed by atoms with Crippen molar-refractivity contribution in [2.75, 3.05) is 33.0 Å². The Kier molecular flexibility index (Phi) is 44.8. The molecule has 0 aromatic rings. The number of hydrogen-bond acceptors (Lipinski definition) is 7. The fourth-order valence-electron chi connectivity index (χ4n) is 6.73. The van der Waals surface area contributed by atoms with Gasteiger partial charge in [-0.1, -0.05) is 185 Å². The van der Waals surface area contributed by atoms with Gasteiger partial charge < -0.3 is 20.1 Å². The predicted molar refractivity (Wildman–Crippen MR) is 243 cm³/mol. The summed E-state index contributed by atoms with van der Waals surface area (Å²) in [5.74, 6) is -0.339. The van der Waals surface area contributed by atoms with Gasteiger partial charge in [0.1, 0.15) is 6.10 Å². The molecule has 0 rings (SSSR count). The van der Waals surface area contributed by atoms with Gasteiger partial charge in [-0.15, -0.1) is 0 Å². The van der Waals surface area contributed by atoms with E-state index in [1.807, 2.05) is 0 Å². The molecule has 0 aliphatic carbocycles. The van der Waals surface area contributed by atoms with E-state index in [0.29, 0.717) is 13.0 Å². The number of carbonyl (C=O) groups excluding carboxylic acids is 1. The fourth-order valence-corrected chi connectivity index (χ4v) is 7.49. The lowest BCUT2D eigenvalue weighted by Gasteiger charge is -2.20. The normalized spacial score (nSPS) is 13.7. The van der Waals surface area contributed by atoms with Gasteiger partial charge in [0.05, 0.1) is 19.8 Å². The maximum Gasteiger partial charge on any atom is 0.472 e. The number of rotatable bonds is 46. The molecule has 8 nitrogen and oxygen atoms in total. The van der Waals surface area contributed by atoms with Gasteiger partial charge in [0.2, 0.25) is 0 Å². The highest BCUT2D eigenvalue weighted by molar-refractivity contribution is 7.47. The molecule has 0 aromatic heterocycles. The van der Waals surface area contributed by atoms with E-state index in [0.717, 1.165) is 51.4 Å². The Bertz CT molecular complexity index is 972. The van der Waals surface area contributed by atoms with Gasteiger partial charge in [-0.3, -0.25) is 13.8 Å². The van der Waals surface area contributed by atoms with Crippen LogP contribution in [0.3, 0.4) is 0 Å². The summed E-state index contributed by atoms with van der Waals surface area (Å²) in [5.41, 5.74) is 5.37. The van der Waals surface area contributed by atoms with Crippen LogP contribution in [0.4, 0.5) is 0 Å². The van der Waals surface area contributed by atoms with Gasteiger partial charge in [0.15, 0.2) is 0 Å². The van der Waals surface area contributed by atoms with Crippen LogP contribution >= 0.6 is 7.82 Å². The van der Waals surface area contributed by atoms with Gasteiger partial charge in [-0.2, -0.15) is 0 Å². The Morgan fingerprint density at radius 2 is 0.930 bits per heavy atom. The maximum absolute atomic E-state index is 12.6. The van der Waals surface area contributed by atoms with Crippen molar-refractivity contribution in [2.24, 2.45) is 5.73 Å². The third kappa shape index (κ3) is 45.7. The predicted octanol–water partition coefficient (Wildman–Crippen LogP) is 14.6. The molecule has 0 bridgehead atoms. The SMILES string of the molecule is CCCCC/C=C\CCCCCCCC(=O)OC(COCCCCCCCCCCCCCCCC/C=C\C/C=C\CCCCCCC)COP(=O)(O)OCCN. The van der Waals surface area contributed by atoms with Crippen molar-refractivity contribution in [2.45, 2.75) is 232 Å². The van der Waals surface area contributed by atoms with Crippen molar-refractivity contribution in [1.29, 1.82) is 0 Å². The average Bonchev–Trinajstić information content (AvgIpc) is 3.20. The molecule has 0 amide bonds. The van der Waals surface area contributed by atoms with Crippen LogP contribution in [-0.2, 0) is 27.9 Å². The molecule has 2 atom stereocenters. The van der Waals surface area contributed by atoms with E-state index in [1.54, 1.807) is 0 Å². The third-order valence-corrected chi connectivity index (χ3v) is 11.3. The van der Waals surface area contributed by atoms with E-state index in [-0.39, 0.29) is 32.3 Å². The molecule has 9 heteroatoms. The van der Waals surface area contributed by atoms with Gasteiger partial charge in [0.25, 0.3) is 0 Å². The molecule has 0 saturated heterocycles. The second kappa shape index (κ2) is 45.8. The van der Waals surface area contributed by atoms with Gasteiger partial charge in [0, 0.05) is 19.6 Å². The van der Waals surface area contributed by atoms with Crippen LogP contribution in [0.2, 0.25) is 0 Å². The number of esters is 1. The Hall–Kier alpha value is -1.28. The van der Waals surface area contributed by atoms with Crippen LogP contribution in [0.1, 0.15) is 226 Å². The zero-order valence-corrected chi connectivity index (χ0v) is 38.2. The van der Waals surface area contributed by atoms with E-state index in [2.05, 4.69) is 50.3 Å². The number of ether oxygens (including phenoxy) is 2. The Morgan fingerprint density at radius 3 is 1.42 bits per heavy atom. The maximum atomic E-state index is 12.6. The first-order chi connectivity index (χ1) is 27.9. The molecule has 0 fully saturated rings. The molecule has 0 aromatic carbocycles. The Balaban J connectivity index is 3.87. The highest BCUT2D eigenvalue weighted by atomic mass is 31.2. The van der Waals surface area contributed by atoms with Crippen LogP contribution in [0.25, 0.3) is 0 Å². The topological polar surface area (TPSA) is 117 Å². The first kappa shape index (κ1) is 55.7. The first-order valence-electron chi connectivity index (χ1n) is 24.0. The zero-order valence-electron chi connectivity index (χ0n) is 37.3. The summed E-state index contributed by atoms with van der Waals surface area (Å²) >= 11 is 0. The molecule has 3 N–H and O–H groups in total. The third-order valence-electron chi connectivity index (χ3n) is 10.3. The largest absolute Gasteiger partial charge is 0.472 e. The number of phosphoric ester groups is 1. The molecule has 336 valence electrons. The summed E-state index contributed by atoms with van der Waals surface area (Å²) in [7, 11) is -4.28. The molecule has 0 saturated carbocycles. The molecule has 0 aliphatic heterocycles. The molecule has 2 unspecified atom stereocenters. The standard InChI is InChI=1S/C48H92NO7P/c1-3-5-7-9-11-13-15-17-18-19-20-21-22-23-24-25-26-27-28-29-30-32-34-36-38-40-43-53-45-47(46-55-57(51,52)54-44-42-49)56-48(50)41-39-37-35-33-31-16-14-12-10-8-6-4-2/h12,14-15,17,19-20,47H,3-11,13,16,18,21-46,49H2,1-2H3,(H,51,52)/b14-12-,17-15-,20-19-. The minimum absolute atomic E-state index is 0.0964. The number of nitrogens with two attached hydrogens (primary N) is 1. The van der Waals surface area contributed by atoms with Crippen molar-refractivity contribution in [3.8, 4) is 0 Å². The molecule has 0 radical (unpaired) electrons. The quantitative estimate of drug-likeness (QED) is 0.0270. The van der Waals surface area contributed by atoms with Crippen molar-refractivity contribution in [3.63, 3.8) is 0 Å². The Morgan fingerprint density at radius 1 is 0.526 bits per heavy atom. The van der Waals surface area contributed by atoms with E-state index in [4.69, 9.17) is 24.3 Å². The monoisotopic (exact) mass is 826 g/mol. The number of hydrogen-bond donors (Lipinski definition) is 2. The second-order valence-electron chi connectivity index (χ2n) is 16.0. The summed E-state index contributed by atoms with van der Waals surface area (Å²) in [6.07, 6.45) is 53.2. The highest BCUT2D eigenvalue weighted by Crippen LogP contribution is 2.43. The van der Waals surface area contributed by atoms with Crippen LogP contribution in [0, 0.1) is 0 Å². The minimum atomic E-state index is -4.28. The number of phosphoric acid groups is 1. The summed E-state index contributed by atoms with van der Waals surface area (Å²) in [6.45, 7) is 4.90. The molecular formula is C48H92NO7P. The van der Waals surface area contributed by atoms with E-state index in [9.17, 15) is 14.3 Å². The summed E-state index contributed by atoms with van der Waals surface area (Å²) in [6, 6.07) is 0. The second-order valence-corrected chi connectivity index (χ2v) is 17.4. The molecule has 0 aliphatic rings. The molecule has 57 heavy (non-hydrogen) atoms. The van der Waals surface area contributed by atoms with Crippen molar-refractivity contribution < 1.29 is 32.8 Å². The van der Waals surface area contributed by atoms with Gasteiger partial charge in [-0.25, -0.2) is 4.57 Å². The van der Waals surface area contributed by atoms with E-state index in [1.165, 1.54) is 154 Å². The summed E-state index contributed by atoms with van der Waals surface area (Å²) in [5, 5.41) is 0. The first-order valence-corrected chi connectivity index (χ1v) is 25.5. The molecular weight excluding hydrogens is 734 g/mol. The van der Waals surface area contributed by atoms with E-state index >= 15 is 0 Å². The number of carbonyl (C=O) groups is 1. The Labute approximate surface area is 352 Å². The lowest BCUT2D eigenvalue weighted by Crippen LogP contribution is -2.28. The summed E-state index contributed by atoms with van der Waals surface area (Å²) in [4.78, 5) is 22.5. The lowest BCUT2D eigenvalue weighted by molar-refractivity contribution is -0.154.